The van der Waals surface area contributed by atoms with Crippen molar-refractivity contribution >= 4 is 40.5 Å². The third-order valence-corrected chi connectivity index (χ3v) is 4.00. The summed E-state index contributed by atoms with van der Waals surface area (Å²) in [5, 5.41) is 4.95. The van der Waals surface area contributed by atoms with Crippen LogP contribution < -0.4 is 5.32 Å². The van der Waals surface area contributed by atoms with Gasteiger partial charge < -0.3 is 10.1 Å². The lowest BCUT2D eigenvalue weighted by molar-refractivity contribution is -0.142. The topological polar surface area (TPSA) is 55.4 Å². The van der Waals surface area contributed by atoms with Crippen LogP contribution >= 0.6 is 22.9 Å². The fraction of sp³-hybridized carbons (Fsp3) is 0.200. The van der Waals surface area contributed by atoms with Crippen LogP contribution in [0.3, 0.4) is 0 Å². The number of thiophene rings is 1. The van der Waals surface area contributed by atoms with Crippen LogP contribution in [0.4, 0.5) is 5.69 Å². The molecular formula is C15H14ClNO3S. The Labute approximate surface area is 131 Å². The number of anilines is 1. The van der Waals surface area contributed by atoms with Gasteiger partial charge in [-0.25, -0.2) is 0 Å². The van der Waals surface area contributed by atoms with E-state index in [1.165, 1.54) is 11.3 Å². The van der Waals surface area contributed by atoms with Gasteiger partial charge in [0.25, 0.3) is 5.91 Å². The Bertz CT molecular complexity index is 654. The summed E-state index contributed by atoms with van der Waals surface area (Å²) in [7, 11) is 0. The number of nitrogens with one attached hydrogen (secondary N) is 1. The summed E-state index contributed by atoms with van der Waals surface area (Å²) in [4.78, 5) is 24.0. The number of benzene rings is 1. The number of halogens is 1. The van der Waals surface area contributed by atoms with Gasteiger partial charge in [0.15, 0.2) is 0 Å². The van der Waals surface area contributed by atoms with Crippen molar-refractivity contribution in [2.24, 2.45) is 0 Å². The number of carbonyl (C=O) groups is 2. The zero-order valence-corrected chi connectivity index (χ0v) is 13.0. The molecule has 0 atom stereocenters. The summed E-state index contributed by atoms with van der Waals surface area (Å²) in [6.07, 6.45) is 0.178. The highest BCUT2D eigenvalue weighted by atomic mass is 35.5. The molecule has 0 saturated carbocycles. The van der Waals surface area contributed by atoms with Crippen molar-refractivity contribution in [1.29, 1.82) is 0 Å². The summed E-state index contributed by atoms with van der Waals surface area (Å²) in [6, 6.07) is 8.77. The molecule has 1 aromatic heterocycles. The normalized spacial score (nSPS) is 10.2. The number of rotatable bonds is 5. The van der Waals surface area contributed by atoms with Gasteiger partial charge in [-0.2, -0.15) is 0 Å². The predicted molar refractivity (Wildman–Crippen MR) is 84.1 cm³/mol. The fourth-order valence-corrected chi connectivity index (χ4v) is 2.82. The molecule has 0 aliphatic heterocycles. The maximum atomic E-state index is 12.1. The molecular weight excluding hydrogens is 310 g/mol. The van der Waals surface area contributed by atoms with Gasteiger partial charge in [-0.1, -0.05) is 23.7 Å². The highest BCUT2D eigenvalue weighted by Gasteiger charge is 2.12. The molecule has 0 aliphatic carbocycles. The van der Waals surface area contributed by atoms with E-state index >= 15 is 0 Å². The Morgan fingerprint density at radius 2 is 2.14 bits per heavy atom. The standard InChI is InChI=1S/C15H14ClNO3S/c1-2-20-13(18)9-10-4-3-5-11(8-10)17-15(19)14-12(16)6-7-21-14/h3-8H,2,9H2,1H3,(H,17,19). The summed E-state index contributed by atoms with van der Waals surface area (Å²) in [5.41, 5.74) is 1.40. The van der Waals surface area contributed by atoms with Crippen LogP contribution in [-0.4, -0.2) is 18.5 Å². The van der Waals surface area contributed by atoms with E-state index < -0.39 is 0 Å². The maximum Gasteiger partial charge on any atom is 0.310 e. The van der Waals surface area contributed by atoms with E-state index in [-0.39, 0.29) is 18.3 Å². The minimum absolute atomic E-state index is 0.178. The molecule has 1 N–H and O–H groups in total. The quantitative estimate of drug-likeness (QED) is 0.852. The first kappa shape index (κ1) is 15.5. The van der Waals surface area contributed by atoms with E-state index in [0.29, 0.717) is 22.2 Å². The van der Waals surface area contributed by atoms with Crippen LogP contribution in [0.15, 0.2) is 35.7 Å². The Kier molecular flexibility index (Phi) is 5.36. The molecule has 21 heavy (non-hydrogen) atoms. The number of esters is 1. The smallest absolute Gasteiger partial charge is 0.310 e. The average Bonchev–Trinajstić information content (AvgIpc) is 2.85. The van der Waals surface area contributed by atoms with Gasteiger partial charge in [-0.15, -0.1) is 11.3 Å². The van der Waals surface area contributed by atoms with Gasteiger partial charge in [-0.05, 0) is 36.1 Å². The molecule has 1 heterocycles. The van der Waals surface area contributed by atoms with Gasteiger partial charge in [0.1, 0.15) is 4.88 Å². The molecule has 4 nitrogen and oxygen atoms in total. The second-order valence-electron chi connectivity index (χ2n) is 4.23. The molecule has 0 saturated heterocycles. The molecule has 2 rings (SSSR count). The number of hydrogen-bond donors (Lipinski definition) is 1. The van der Waals surface area contributed by atoms with Crippen LogP contribution in [0.2, 0.25) is 5.02 Å². The van der Waals surface area contributed by atoms with Crippen molar-refractivity contribution in [3.63, 3.8) is 0 Å². The molecule has 0 aliphatic rings. The molecule has 1 aromatic carbocycles. The Morgan fingerprint density at radius 3 is 2.81 bits per heavy atom. The number of ether oxygens (including phenoxy) is 1. The van der Waals surface area contributed by atoms with Crippen molar-refractivity contribution in [2.45, 2.75) is 13.3 Å². The summed E-state index contributed by atoms with van der Waals surface area (Å²) < 4.78 is 4.90. The number of hydrogen-bond acceptors (Lipinski definition) is 4. The molecule has 0 spiro atoms. The van der Waals surface area contributed by atoms with Gasteiger partial charge in [0, 0.05) is 5.69 Å². The zero-order valence-electron chi connectivity index (χ0n) is 11.4. The van der Waals surface area contributed by atoms with Crippen LogP contribution in [0.25, 0.3) is 0 Å². The summed E-state index contributed by atoms with van der Waals surface area (Å²) >= 11 is 7.20. The minimum Gasteiger partial charge on any atom is -0.466 e. The fourth-order valence-electron chi connectivity index (χ4n) is 1.78. The SMILES string of the molecule is CCOC(=O)Cc1cccc(NC(=O)c2sccc2Cl)c1. The highest BCUT2D eigenvalue weighted by molar-refractivity contribution is 7.12. The summed E-state index contributed by atoms with van der Waals surface area (Å²) in [5.74, 6) is -0.550. The number of carbonyl (C=O) groups excluding carboxylic acids is 2. The second-order valence-corrected chi connectivity index (χ2v) is 5.56. The zero-order chi connectivity index (χ0) is 15.2. The van der Waals surface area contributed by atoms with Crippen molar-refractivity contribution in [1.82, 2.24) is 0 Å². The van der Waals surface area contributed by atoms with Gasteiger partial charge >= 0.3 is 5.97 Å². The van der Waals surface area contributed by atoms with E-state index in [0.717, 1.165) is 5.56 Å². The Morgan fingerprint density at radius 1 is 1.33 bits per heavy atom. The van der Waals surface area contributed by atoms with E-state index in [1.807, 2.05) is 6.07 Å². The van der Waals surface area contributed by atoms with Gasteiger partial charge in [-0.3, -0.25) is 9.59 Å². The Balaban J connectivity index is 2.06. The number of amides is 1. The largest absolute Gasteiger partial charge is 0.466 e. The first-order chi connectivity index (χ1) is 10.1. The molecule has 0 unspecified atom stereocenters. The lowest BCUT2D eigenvalue weighted by atomic mass is 10.1. The molecule has 0 fully saturated rings. The van der Waals surface area contributed by atoms with Crippen molar-refractivity contribution < 1.29 is 14.3 Å². The molecule has 1 amide bonds. The first-order valence-electron chi connectivity index (χ1n) is 6.39. The van der Waals surface area contributed by atoms with Crippen molar-refractivity contribution in [3.8, 4) is 0 Å². The van der Waals surface area contributed by atoms with E-state index in [4.69, 9.17) is 16.3 Å². The third kappa shape index (κ3) is 4.31. The van der Waals surface area contributed by atoms with Crippen LogP contribution in [-0.2, 0) is 16.0 Å². The molecule has 110 valence electrons. The minimum atomic E-state index is -0.290. The lowest BCUT2D eigenvalue weighted by Crippen LogP contribution is -2.11. The highest BCUT2D eigenvalue weighted by Crippen LogP contribution is 2.23. The molecule has 6 heteroatoms. The maximum absolute atomic E-state index is 12.1. The van der Waals surface area contributed by atoms with Crippen LogP contribution in [0.5, 0.6) is 0 Å². The van der Waals surface area contributed by atoms with Gasteiger partial charge in [0.2, 0.25) is 0 Å². The molecule has 0 bridgehead atoms. The van der Waals surface area contributed by atoms with Crippen molar-refractivity contribution in [2.75, 3.05) is 11.9 Å². The van der Waals surface area contributed by atoms with E-state index in [2.05, 4.69) is 5.32 Å². The average molecular weight is 324 g/mol. The van der Waals surface area contributed by atoms with Gasteiger partial charge in [0.05, 0.1) is 18.1 Å². The van der Waals surface area contributed by atoms with E-state index in [1.54, 1.807) is 36.6 Å². The Hall–Kier alpha value is -1.85. The lowest BCUT2D eigenvalue weighted by Gasteiger charge is -2.07. The monoisotopic (exact) mass is 323 g/mol. The second kappa shape index (κ2) is 7.24. The van der Waals surface area contributed by atoms with Crippen LogP contribution in [0.1, 0.15) is 22.2 Å². The first-order valence-corrected chi connectivity index (χ1v) is 7.65. The third-order valence-electron chi connectivity index (χ3n) is 2.66. The predicted octanol–water partition coefficient (Wildman–Crippen LogP) is 3.76. The molecule has 2 aromatic rings. The van der Waals surface area contributed by atoms with Crippen molar-refractivity contribution in [3.05, 3.63) is 51.2 Å². The summed E-state index contributed by atoms with van der Waals surface area (Å²) in [6.45, 7) is 2.12. The molecule has 0 radical (unpaired) electrons. The van der Waals surface area contributed by atoms with Crippen LogP contribution in [0, 0.1) is 0 Å². The van der Waals surface area contributed by atoms with E-state index in [9.17, 15) is 9.59 Å².